The third-order valence-electron chi connectivity index (χ3n) is 2.02. The van der Waals surface area contributed by atoms with Crippen LogP contribution in [0, 0.1) is 6.92 Å². The summed E-state index contributed by atoms with van der Waals surface area (Å²) in [7, 11) is 1.89. The summed E-state index contributed by atoms with van der Waals surface area (Å²) >= 11 is 3.38. The second-order valence-electron chi connectivity index (χ2n) is 3.14. The quantitative estimate of drug-likeness (QED) is 0.839. The number of anilines is 2. The van der Waals surface area contributed by atoms with Crippen molar-refractivity contribution < 1.29 is 4.42 Å². The highest BCUT2D eigenvalue weighted by atomic mass is 79.9. The zero-order valence-electron chi connectivity index (χ0n) is 8.44. The maximum absolute atomic E-state index is 5.32. The third-order valence-corrected chi connectivity index (χ3v) is 2.54. The molecule has 0 aliphatic carbocycles. The summed E-state index contributed by atoms with van der Waals surface area (Å²) in [6.07, 6.45) is 0. The average molecular weight is 268 g/mol. The number of hydrogen-bond acceptors (Lipinski definition) is 4. The summed E-state index contributed by atoms with van der Waals surface area (Å²) in [6, 6.07) is 8.38. The fraction of sp³-hybridized carbons (Fsp3) is 0.200. The van der Waals surface area contributed by atoms with Crippen LogP contribution in [0.4, 0.5) is 11.7 Å². The highest BCUT2D eigenvalue weighted by molar-refractivity contribution is 9.10. The van der Waals surface area contributed by atoms with Gasteiger partial charge in [-0.25, -0.2) is 0 Å². The van der Waals surface area contributed by atoms with E-state index >= 15 is 0 Å². The molecule has 0 radical (unpaired) electrons. The van der Waals surface area contributed by atoms with Gasteiger partial charge in [-0.15, -0.1) is 5.10 Å². The van der Waals surface area contributed by atoms with Gasteiger partial charge in [0.05, 0.1) is 0 Å². The van der Waals surface area contributed by atoms with Crippen LogP contribution in [-0.4, -0.2) is 17.2 Å². The van der Waals surface area contributed by atoms with Crippen LogP contribution in [0.25, 0.3) is 0 Å². The fourth-order valence-corrected chi connectivity index (χ4v) is 1.46. The highest BCUT2D eigenvalue weighted by Gasteiger charge is 2.09. The van der Waals surface area contributed by atoms with Crippen molar-refractivity contribution in [2.24, 2.45) is 0 Å². The monoisotopic (exact) mass is 267 g/mol. The van der Waals surface area contributed by atoms with Crippen molar-refractivity contribution in [3.63, 3.8) is 0 Å². The van der Waals surface area contributed by atoms with Crippen molar-refractivity contribution >= 4 is 27.6 Å². The Balaban J connectivity index is 2.28. The lowest BCUT2D eigenvalue weighted by atomic mass is 10.3. The second-order valence-corrected chi connectivity index (χ2v) is 4.05. The van der Waals surface area contributed by atoms with E-state index in [9.17, 15) is 0 Å². The Labute approximate surface area is 96.0 Å². The van der Waals surface area contributed by atoms with E-state index in [1.54, 1.807) is 6.92 Å². The second kappa shape index (κ2) is 4.02. The molecule has 0 saturated heterocycles. The minimum Gasteiger partial charge on any atom is -0.408 e. The van der Waals surface area contributed by atoms with Gasteiger partial charge in [-0.3, -0.25) is 4.90 Å². The molecule has 15 heavy (non-hydrogen) atoms. The molecule has 1 aromatic heterocycles. The number of hydrogen-bond donors (Lipinski definition) is 0. The van der Waals surface area contributed by atoms with Gasteiger partial charge in [-0.05, 0) is 24.3 Å². The van der Waals surface area contributed by atoms with Crippen LogP contribution in [0.15, 0.2) is 33.2 Å². The Morgan fingerprint density at radius 1 is 1.20 bits per heavy atom. The van der Waals surface area contributed by atoms with E-state index in [1.165, 1.54) is 0 Å². The number of aryl methyl sites for hydroxylation is 1. The van der Waals surface area contributed by atoms with Gasteiger partial charge in [0.2, 0.25) is 5.89 Å². The molecule has 1 heterocycles. The molecule has 0 bridgehead atoms. The third kappa shape index (κ3) is 2.18. The van der Waals surface area contributed by atoms with Gasteiger partial charge in [0.1, 0.15) is 0 Å². The normalized spacial score (nSPS) is 10.3. The van der Waals surface area contributed by atoms with Crippen molar-refractivity contribution in [1.29, 1.82) is 0 Å². The van der Waals surface area contributed by atoms with Gasteiger partial charge in [0.15, 0.2) is 0 Å². The first kappa shape index (κ1) is 10.2. The molecule has 2 aromatic rings. The predicted octanol–water partition coefficient (Wildman–Crippen LogP) is 2.91. The summed E-state index contributed by atoms with van der Waals surface area (Å²) in [5, 5.41) is 7.73. The maximum atomic E-state index is 5.32. The molecule has 2 rings (SSSR count). The molecule has 0 fully saturated rings. The fourth-order valence-electron chi connectivity index (χ4n) is 1.20. The first-order chi connectivity index (χ1) is 7.16. The molecular formula is C10H10BrN3O. The Kier molecular flexibility index (Phi) is 2.73. The maximum Gasteiger partial charge on any atom is 0.322 e. The molecule has 0 amide bonds. The first-order valence-electron chi connectivity index (χ1n) is 4.46. The van der Waals surface area contributed by atoms with Gasteiger partial charge >= 0.3 is 6.01 Å². The van der Waals surface area contributed by atoms with Crippen molar-refractivity contribution in [3.8, 4) is 0 Å². The zero-order valence-corrected chi connectivity index (χ0v) is 10.0. The Hall–Kier alpha value is -1.36. The van der Waals surface area contributed by atoms with E-state index in [-0.39, 0.29) is 0 Å². The molecule has 0 saturated carbocycles. The van der Waals surface area contributed by atoms with E-state index in [0.717, 1.165) is 10.2 Å². The SMILES string of the molecule is Cc1nnc(N(C)c2ccc(Br)cc2)o1. The van der Waals surface area contributed by atoms with Crippen LogP contribution in [0.1, 0.15) is 5.89 Å². The lowest BCUT2D eigenvalue weighted by molar-refractivity contribution is 0.523. The largest absolute Gasteiger partial charge is 0.408 e. The number of nitrogens with zero attached hydrogens (tertiary/aromatic N) is 3. The summed E-state index contributed by atoms with van der Waals surface area (Å²) < 4.78 is 6.36. The molecule has 78 valence electrons. The summed E-state index contributed by atoms with van der Waals surface area (Å²) in [4.78, 5) is 1.84. The van der Waals surface area contributed by atoms with Crippen molar-refractivity contribution in [2.45, 2.75) is 6.92 Å². The number of benzene rings is 1. The topological polar surface area (TPSA) is 42.2 Å². The average Bonchev–Trinajstić information content (AvgIpc) is 2.65. The molecule has 4 nitrogen and oxygen atoms in total. The summed E-state index contributed by atoms with van der Waals surface area (Å²) in [5.74, 6) is 0.564. The predicted molar refractivity (Wildman–Crippen MR) is 61.2 cm³/mol. The molecule has 0 atom stereocenters. The van der Waals surface area contributed by atoms with Crippen LogP contribution in [0.3, 0.4) is 0 Å². The minimum absolute atomic E-state index is 0.495. The van der Waals surface area contributed by atoms with Gasteiger partial charge < -0.3 is 4.42 Å². The Bertz CT molecular complexity index is 452. The van der Waals surface area contributed by atoms with Gasteiger partial charge in [-0.2, -0.15) is 0 Å². The lowest BCUT2D eigenvalue weighted by Gasteiger charge is -2.13. The molecular weight excluding hydrogens is 258 g/mol. The van der Waals surface area contributed by atoms with E-state index in [4.69, 9.17) is 4.42 Å². The summed E-state index contributed by atoms with van der Waals surface area (Å²) in [5.41, 5.74) is 1.00. The number of rotatable bonds is 2. The van der Waals surface area contributed by atoms with Crippen LogP contribution >= 0.6 is 15.9 Å². The molecule has 0 spiro atoms. The molecule has 0 unspecified atom stereocenters. The zero-order chi connectivity index (χ0) is 10.8. The van der Waals surface area contributed by atoms with Crippen molar-refractivity contribution in [2.75, 3.05) is 11.9 Å². The van der Waals surface area contributed by atoms with Crippen LogP contribution < -0.4 is 4.90 Å². The smallest absolute Gasteiger partial charge is 0.322 e. The molecule has 1 aromatic carbocycles. The van der Waals surface area contributed by atoms with E-state index in [1.807, 2.05) is 36.2 Å². The van der Waals surface area contributed by atoms with E-state index in [0.29, 0.717) is 11.9 Å². The first-order valence-corrected chi connectivity index (χ1v) is 5.25. The van der Waals surface area contributed by atoms with Crippen molar-refractivity contribution in [3.05, 3.63) is 34.6 Å². The van der Waals surface area contributed by atoms with Crippen LogP contribution in [0.2, 0.25) is 0 Å². The number of aromatic nitrogens is 2. The Morgan fingerprint density at radius 2 is 1.87 bits per heavy atom. The minimum atomic E-state index is 0.495. The van der Waals surface area contributed by atoms with Crippen LogP contribution in [0.5, 0.6) is 0 Å². The van der Waals surface area contributed by atoms with E-state index in [2.05, 4.69) is 26.1 Å². The molecule has 0 aliphatic rings. The van der Waals surface area contributed by atoms with Crippen molar-refractivity contribution in [1.82, 2.24) is 10.2 Å². The highest BCUT2D eigenvalue weighted by Crippen LogP contribution is 2.23. The van der Waals surface area contributed by atoms with Crippen LogP contribution in [-0.2, 0) is 0 Å². The number of halogens is 1. The molecule has 0 aliphatic heterocycles. The van der Waals surface area contributed by atoms with Gasteiger partial charge in [0.25, 0.3) is 0 Å². The van der Waals surface area contributed by atoms with Gasteiger partial charge in [-0.1, -0.05) is 21.0 Å². The summed E-state index contributed by atoms with van der Waals surface area (Å²) in [6.45, 7) is 1.77. The van der Waals surface area contributed by atoms with E-state index < -0.39 is 0 Å². The lowest BCUT2D eigenvalue weighted by Crippen LogP contribution is -2.09. The molecule has 0 N–H and O–H groups in total. The Morgan fingerprint density at radius 3 is 2.40 bits per heavy atom. The standard InChI is InChI=1S/C10H10BrN3O/c1-7-12-13-10(15-7)14(2)9-5-3-8(11)4-6-9/h3-6H,1-2H3. The molecule has 5 heteroatoms. The van der Waals surface area contributed by atoms with Gasteiger partial charge in [0, 0.05) is 24.1 Å².